The molecule has 4 N–H and O–H groups in total. The first-order valence-electron chi connectivity index (χ1n) is 7.57. The minimum Gasteiger partial charge on any atom is -0.469 e. The number of aliphatic imine (C=N–C) groups is 1. The van der Waals surface area contributed by atoms with Crippen molar-refractivity contribution in [3.8, 4) is 0 Å². The quantitative estimate of drug-likeness (QED) is 0.206. The number of nitrogens with one attached hydrogen (secondary N) is 1. The lowest BCUT2D eigenvalue weighted by molar-refractivity contribution is -0.139. The molecule has 0 radical (unpaired) electrons. The molecule has 130 valence electrons. The number of carbonyl (C=O) groups is 1. The molecule has 0 saturated heterocycles. The Hall–Kier alpha value is -2.80. The molecule has 0 saturated carbocycles. The van der Waals surface area contributed by atoms with Crippen molar-refractivity contribution in [2.24, 2.45) is 4.99 Å². The van der Waals surface area contributed by atoms with E-state index in [1.54, 1.807) is 12.1 Å². The number of methoxy groups -OCH3 is 1. The third-order valence-electron chi connectivity index (χ3n) is 3.14. The molecule has 0 heterocycles. The molecule has 25 heavy (non-hydrogen) atoms. The number of nitrogens with zero attached hydrogens (tertiary/aromatic N) is 1. The zero-order valence-corrected chi connectivity index (χ0v) is 14.6. The van der Waals surface area contributed by atoms with Gasteiger partial charge >= 0.3 is 11.8 Å². The van der Waals surface area contributed by atoms with E-state index in [0.717, 1.165) is 5.69 Å². The summed E-state index contributed by atoms with van der Waals surface area (Å²) in [6, 6.07) is 16.8. The first-order chi connectivity index (χ1) is 12.1. The fraction of sp³-hybridized carbons (Fsp3) is 0.167. The summed E-state index contributed by atoms with van der Waals surface area (Å²) in [5, 5.41) is 3.75. The van der Waals surface area contributed by atoms with Gasteiger partial charge in [-0.3, -0.25) is 9.59 Å². The number of amidine groups is 1. The minimum absolute atomic E-state index is 0.0143. The Morgan fingerprint density at radius 2 is 1.88 bits per heavy atom. The number of hydrogen-bond acceptors (Lipinski definition) is 5. The topological polar surface area (TPSA) is 98.1 Å². The lowest BCUT2D eigenvalue weighted by Crippen LogP contribution is -2.15. The van der Waals surface area contributed by atoms with Gasteiger partial charge in [0.05, 0.1) is 18.5 Å². The van der Waals surface area contributed by atoms with Crippen molar-refractivity contribution >= 4 is 45.7 Å². The number of hydrogen-bond donors (Lipinski definition) is 2. The maximum atomic E-state index is 11.2. The van der Waals surface area contributed by atoms with E-state index in [-0.39, 0.29) is 18.0 Å². The second-order valence-corrected chi connectivity index (χ2v) is 6.04. The normalized spacial score (nSPS) is 11.0. The van der Waals surface area contributed by atoms with Gasteiger partial charge in [0.2, 0.25) is 0 Å². The van der Waals surface area contributed by atoms with Crippen LogP contribution in [-0.2, 0) is 9.53 Å². The number of nitrogens with two attached hydrogens (primary N) is 1. The van der Waals surface area contributed by atoms with Crippen LogP contribution < -0.4 is 11.1 Å². The Morgan fingerprint density at radius 3 is 2.56 bits per heavy atom. The Balaban J connectivity index is 2.13. The maximum absolute atomic E-state index is 11.2. The van der Waals surface area contributed by atoms with Gasteiger partial charge in [-0.05, 0) is 24.3 Å². The molecule has 0 bridgehead atoms. The number of rotatable bonds is 6. The zero-order valence-electron chi connectivity index (χ0n) is 13.8. The van der Waals surface area contributed by atoms with Gasteiger partial charge in [-0.1, -0.05) is 42.1 Å². The molecule has 2 rings (SSSR count). The molecule has 2 aromatic carbocycles. The highest BCUT2D eigenvalue weighted by atomic mass is 32.2. The highest BCUT2D eigenvalue weighted by Gasteiger charge is 2.17. The van der Waals surface area contributed by atoms with Gasteiger partial charge in [-0.2, -0.15) is 0 Å². The summed E-state index contributed by atoms with van der Waals surface area (Å²) in [5.41, 5.74) is 7.98. The van der Waals surface area contributed by atoms with Crippen LogP contribution in [0.5, 0.6) is 0 Å². The lowest BCUT2D eigenvalue weighted by atomic mass is 10.3. The van der Waals surface area contributed by atoms with Crippen molar-refractivity contribution in [3.63, 3.8) is 0 Å². The van der Waals surface area contributed by atoms with Gasteiger partial charge in [-0.15, -0.1) is 0 Å². The van der Waals surface area contributed by atoms with Gasteiger partial charge in [0, 0.05) is 5.69 Å². The predicted octanol–water partition coefficient (Wildman–Crippen LogP) is 3.21. The maximum Gasteiger partial charge on any atom is 0.318 e. The van der Waals surface area contributed by atoms with Crippen molar-refractivity contribution in [3.05, 3.63) is 54.6 Å². The van der Waals surface area contributed by atoms with Gasteiger partial charge in [0.1, 0.15) is 5.75 Å². The second kappa shape index (κ2) is 9.48. The van der Waals surface area contributed by atoms with Crippen molar-refractivity contribution in [1.29, 1.82) is 0 Å². The Bertz CT molecular complexity index is 763. The summed E-state index contributed by atoms with van der Waals surface area (Å²) in [6.45, 7) is 0. The summed E-state index contributed by atoms with van der Waals surface area (Å²) in [7, 11) is 1.28. The van der Waals surface area contributed by atoms with E-state index >= 15 is 0 Å². The highest BCUT2D eigenvalue weighted by Crippen LogP contribution is 2.23. The Morgan fingerprint density at radius 1 is 1.20 bits per heavy atom. The van der Waals surface area contributed by atoms with Crippen molar-refractivity contribution in [2.45, 2.75) is 6.42 Å². The molecule has 0 aliphatic rings. The molecule has 7 heteroatoms. The molecule has 0 aliphatic heterocycles. The van der Waals surface area contributed by atoms with Crippen molar-refractivity contribution < 1.29 is 14.3 Å². The lowest BCUT2D eigenvalue weighted by Gasteiger charge is -2.09. The summed E-state index contributed by atoms with van der Waals surface area (Å²) in [4.78, 5) is 25.6. The second-order valence-electron chi connectivity index (χ2n) is 5.07. The Kier molecular flexibility index (Phi) is 7.03. The first kappa shape index (κ1) is 18.5. The van der Waals surface area contributed by atoms with Crippen LogP contribution in [0.3, 0.4) is 0 Å². The molecular formula is C18H20N3O3S+. The molecule has 0 amide bonds. The molecule has 0 unspecified atom stereocenters. The zero-order chi connectivity index (χ0) is 18.1. The van der Waals surface area contributed by atoms with Crippen LogP contribution in [0.15, 0.2) is 59.6 Å². The summed E-state index contributed by atoms with van der Waals surface area (Å²) in [5.74, 6) is -0.263. The van der Waals surface area contributed by atoms with Crippen LogP contribution >= 0.6 is 11.8 Å². The number of anilines is 2. The predicted molar refractivity (Wildman–Crippen MR) is 104 cm³/mol. The largest absolute Gasteiger partial charge is 0.469 e. The number of para-hydroxylation sites is 3. The van der Waals surface area contributed by atoms with Gasteiger partial charge in [-0.25, -0.2) is 4.99 Å². The number of ether oxygens (including phenoxy) is 1. The van der Waals surface area contributed by atoms with E-state index < -0.39 is 5.97 Å². The molecular weight excluding hydrogens is 338 g/mol. The van der Waals surface area contributed by atoms with Crippen molar-refractivity contribution in [2.75, 3.05) is 23.9 Å². The molecule has 0 aliphatic carbocycles. The number of nitrogen functional groups attached to an aromatic ring is 1. The van der Waals surface area contributed by atoms with Crippen molar-refractivity contribution in [1.82, 2.24) is 0 Å². The van der Waals surface area contributed by atoms with E-state index in [2.05, 4.69) is 15.0 Å². The summed E-state index contributed by atoms with van der Waals surface area (Å²) < 4.78 is 4.54. The van der Waals surface area contributed by atoms with Gasteiger partial charge in [0.25, 0.3) is 0 Å². The summed E-state index contributed by atoms with van der Waals surface area (Å²) in [6.07, 6.45) is -0.143. The average Bonchev–Trinajstić information content (AvgIpc) is 2.62. The molecule has 6 nitrogen and oxygen atoms in total. The SMILES string of the molecule is COC(=O)CC(=[OH+])CSC(=Nc1ccccc1N)Nc1ccccc1. The summed E-state index contributed by atoms with van der Waals surface area (Å²) >= 11 is 1.27. The number of carbonyl (C=O) groups excluding carboxylic acids is 2. The smallest absolute Gasteiger partial charge is 0.318 e. The first-order valence-corrected chi connectivity index (χ1v) is 8.55. The van der Waals surface area contributed by atoms with Gasteiger partial charge < -0.3 is 15.8 Å². The third-order valence-corrected chi connectivity index (χ3v) is 4.08. The molecule has 0 atom stereocenters. The number of benzene rings is 2. The van der Waals surface area contributed by atoms with E-state index in [9.17, 15) is 9.59 Å². The number of esters is 1. The van der Waals surface area contributed by atoms with Crippen LogP contribution in [0.2, 0.25) is 0 Å². The molecule has 0 spiro atoms. The fourth-order valence-electron chi connectivity index (χ4n) is 1.88. The van der Waals surface area contributed by atoms with Gasteiger partial charge in [0.15, 0.2) is 11.6 Å². The molecule has 2 aromatic rings. The van der Waals surface area contributed by atoms with Crippen LogP contribution in [-0.4, -0.2) is 34.6 Å². The average molecular weight is 358 g/mol. The van der Waals surface area contributed by atoms with Crippen LogP contribution in [0.4, 0.5) is 17.1 Å². The van der Waals surface area contributed by atoms with E-state index in [1.807, 2.05) is 42.5 Å². The van der Waals surface area contributed by atoms with Crippen LogP contribution in [0.25, 0.3) is 0 Å². The standard InChI is InChI=1S/C18H19N3O3S/c1-24-17(23)11-14(22)12-25-18(20-13-7-3-2-4-8-13)21-16-10-6-5-9-15(16)19/h2-10H,11-12,19H2,1H3,(H,20,21)/p+1. The monoisotopic (exact) mass is 358 g/mol. The molecule has 0 fully saturated rings. The van der Waals surface area contributed by atoms with Crippen LogP contribution in [0, 0.1) is 0 Å². The number of ketones is 1. The number of thioether (sulfide) groups is 1. The fourth-order valence-corrected chi connectivity index (χ4v) is 2.64. The van der Waals surface area contributed by atoms with E-state index in [0.29, 0.717) is 16.5 Å². The highest BCUT2D eigenvalue weighted by molar-refractivity contribution is 8.14. The molecule has 0 aromatic heterocycles. The third kappa shape index (κ3) is 6.31. The van der Waals surface area contributed by atoms with E-state index in [1.165, 1.54) is 18.9 Å². The van der Waals surface area contributed by atoms with Crippen LogP contribution in [0.1, 0.15) is 6.42 Å². The Labute approximate surface area is 150 Å². The van der Waals surface area contributed by atoms with E-state index in [4.69, 9.17) is 5.73 Å². The minimum atomic E-state index is -0.486.